The topological polar surface area (TPSA) is 96.0 Å². The number of nitrogens with one attached hydrogen (secondary N) is 1. The molecule has 2 amide bonds. The minimum absolute atomic E-state index is 0.0359. The molecule has 38 heavy (non-hydrogen) atoms. The van der Waals surface area contributed by atoms with E-state index in [9.17, 15) is 22.4 Å². The van der Waals surface area contributed by atoms with Gasteiger partial charge in [0.05, 0.1) is 17.7 Å². The van der Waals surface area contributed by atoms with E-state index in [0.717, 1.165) is 16.4 Å². The molecule has 0 radical (unpaired) electrons. The third-order valence-corrected chi connectivity index (χ3v) is 7.87. The lowest BCUT2D eigenvalue weighted by molar-refractivity contribution is -0.139. The summed E-state index contributed by atoms with van der Waals surface area (Å²) >= 11 is 5.99. The number of nitrogens with zero attached hydrogens (tertiary/aromatic N) is 2. The van der Waals surface area contributed by atoms with Crippen molar-refractivity contribution in [2.24, 2.45) is 0 Å². The van der Waals surface area contributed by atoms with Crippen molar-refractivity contribution in [1.29, 1.82) is 0 Å². The molecule has 0 bridgehead atoms. The number of amides is 2. The molecule has 202 valence electrons. The van der Waals surface area contributed by atoms with Crippen molar-refractivity contribution in [2.45, 2.75) is 31.3 Å². The Morgan fingerprint density at radius 1 is 1.00 bits per heavy atom. The van der Waals surface area contributed by atoms with Gasteiger partial charge in [-0.2, -0.15) is 0 Å². The highest BCUT2D eigenvalue weighted by Crippen LogP contribution is 2.26. The van der Waals surface area contributed by atoms with Crippen LogP contribution in [0.2, 0.25) is 5.02 Å². The van der Waals surface area contributed by atoms with Gasteiger partial charge in [0, 0.05) is 18.1 Å². The highest BCUT2D eigenvalue weighted by atomic mass is 35.5. The number of likely N-dealkylation sites (N-methyl/N-ethyl adjacent to an activating group) is 1. The van der Waals surface area contributed by atoms with E-state index in [0.29, 0.717) is 22.9 Å². The molecule has 1 unspecified atom stereocenters. The van der Waals surface area contributed by atoms with Gasteiger partial charge in [0.1, 0.15) is 24.2 Å². The fraction of sp³-hybridized carbons (Fsp3) is 0.259. The number of carbonyl (C=O) groups is 2. The van der Waals surface area contributed by atoms with Gasteiger partial charge in [-0.3, -0.25) is 13.9 Å². The van der Waals surface area contributed by atoms with Crippen molar-refractivity contribution in [3.8, 4) is 5.75 Å². The SMILES string of the molecule is CCNC(=O)C(C)N(Cc1ccc(Cl)cc1)C(=O)CN(c1ccc(F)cc1)S(=O)(=O)c1ccc(OC)cc1. The molecule has 11 heteroatoms. The van der Waals surface area contributed by atoms with Crippen molar-refractivity contribution in [3.63, 3.8) is 0 Å². The summed E-state index contributed by atoms with van der Waals surface area (Å²) in [7, 11) is -2.81. The summed E-state index contributed by atoms with van der Waals surface area (Å²) in [5.74, 6) is -1.12. The minimum Gasteiger partial charge on any atom is -0.497 e. The third kappa shape index (κ3) is 7.02. The van der Waals surface area contributed by atoms with E-state index >= 15 is 0 Å². The molecule has 3 aromatic rings. The Kier molecular flexibility index (Phi) is 9.71. The first-order valence-corrected chi connectivity index (χ1v) is 13.6. The number of anilines is 1. The van der Waals surface area contributed by atoms with Gasteiger partial charge >= 0.3 is 0 Å². The molecular formula is C27H29ClFN3O5S. The number of hydrogen-bond donors (Lipinski definition) is 1. The van der Waals surface area contributed by atoms with Crippen LogP contribution in [-0.2, 0) is 26.2 Å². The molecule has 0 aliphatic rings. The van der Waals surface area contributed by atoms with Crippen LogP contribution in [0.3, 0.4) is 0 Å². The van der Waals surface area contributed by atoms with Crippen LogP contribution in [0.25, 0.3) is 0 Å². The second-order valence-corrected chi connectivity index (χ2v) is 10.7. The van der Waals surface area contributed by atoms with E-state index < -0.39 is 34.3 Å². The van der Waals surface area contributed by atoms with Crippen LogP contribution in [-0.4, -0.2) is 51.4 Å². The minimum atomic E-state index is -4.27. The lowest BCUT2D eigenvalue weighted by Crippen LogP contribution is -2.51. The summed E-state index contributed by atoms with van der Waals surface area (Å²) in [6.07, 6.45) is 0. The summed E-state index contributed by atoms with van der Waals surface area (Å²) in [5, 5.41) is 3.20. The predicted octanol–water partition coefficient (Wildman–Crippen LogP) is 4.24. The monoisotopic (exact) mass is 561 g/mol. The van der Waals surface area contributed by atoms with Crippen molar-refractivity contribution in [2.75, 3.05) is 24.5 Å². The van der Waals surface area contributed by atoms with Gasteiger partial charge in [0.2, 0.25) is 11.8 Å². The van der Waals surface area contributed by atoms with Crippen molar-refractivity contribution in [1.82, 2.24) is 10.2 Å². The number of methoxy groups -OCH3 is 1. The van der Waals surface area contributed by atoms with Gasteiger partial charge in [-0.05, 0) is 80.1 Å². The lowest BCUT2D eigenvalue weighted by Gasteiger charge is -2.32. The highest BCUT2D eigenvalue weighted by Gasteiger charge is 2.32. The molecule has 0 fully saturated rings. The molecule has 0 saturated carbocycles. The Bertz CT molecular complexity index is 1350. The third-order valence-electron chi connectivity index (χ3n) is 5.83. The van der Waals surface area contributed by atoms with Gasteiger partial charge in [-0.15, -0.1) is 0 Å². The van der Waals surface area contributed by atoms with E-state index in [2.05, 4.69) is 5.32 Å². The number of halogens is 2. The van der Waals surface area contributed by atoms with Crippen LogP contribution in [0.15, 0.2) is 77.7 Å². The molecule has 3 aromatic carbocycles. The Morgan fingerprint density at radius 3 is 2.16 bits per heavy atom. The zero-order chi connectivity index (χ0) is 27.9. The number of sulfonamides is 1. The Hall–Kier alpha value is -3.63. The molecule has 0 heterocycles. The van der Waals surface area contributed by atoms with E-state index in [1.807, 2.05) is 0 Å². The number of ether oxygens (including phenoxy) is 1. The van der Waals surface area contributed by atoms with Crippen LogP contribution in [0.5, 0.6) is 5.75 Å². The maximum atomic E-state index is 13.7. The fourth-order valence-electron chi connectivity index (χ4n) is 3.70. The number of hydrogen-bond acceptors (Lipinski definition) is 5. The summed E-state index contributed by atoms with van der Waals surface area (Å²) in [6, 6.07) is 16.3. The Morgan fingerprint density at radius 2 is 1.61 bits per heavy atom. The standard InChI is InChI=1S/C27H29ClFN3O5S/c1-4-30-27(34)19(2)31(17-20-5-7-21(28)8-6-20)26(33)18-32(23-11-9-22(29)10-12-23)38(35,36)25-15-13-24(37-3)14-16-25/h5-16,19H,4,17-18H2,1-3H3,(H,30,34). The average molecular weight is 562 g/mol. The lowest BCUT2D eigenvalue weighted by atomic mass is 10.1. The normalized spacial score (nSPS) is 11.9. The van der Waals surface area contributed by atoms with Crippen molar-refractivity contribution < 1.29 is 27.1 Å². The van der Waals surface area contributed by atoms with Gasteiger partial charge in [0.15, 0.2) is 0 Å². The first-order chi connectivity index (χ1) is 18.1. The summed E-state index contributed by atoms with van der Waals surface area (Å²) in [6.45, 7) is 3.10. The Balaban J connectivity index is 2.01. The Labute approximate surface area is 227 Å². The van der Waals surface area contributed by atoms with Gasteiger partial charge in [0.25, 0.3) is 10.0 Å². The van der Waals surface area contributed by atoms with Crippen LogP contribution in [0.4, 0.5) is 10.1 Å². The molecule has 0 aliphatic carbocycles. The van der Waals surface area contributed by atoms with Crippen LogP contribution in [0, 0.1) is 5.82 Å². The second kappa shape index (κ2) is 12.7. The summed E-state index contributed by atoms with van der Waals surface area (Å²) in [5.41, 5.74) is 0.790. The number of carbonyl (C=O) groups excluding carboxylic acids is 2. The molecule has 0 saturated heterocycles. The van der Waals surface area contributed by atoms with Gasteiger partial charge < -0.3 is 15.0 Å². The molecule has 1 atom stereocenters. The number of benzene rings is 3. The van der Waals surface area contributed by atoms with Gasteiger partial charge in [-0.25, -0.2) is 12.8 Å². The molecule has 0 aromatic heterocycles. The highest BCUT2D eigenvalue weighted by molar-refractivity contribution is 7.92. The molecule has 8 nitrogen and oxygen atoms in total. The van der Waals surface area contributed by atoms with Crippen LogP contribution < -0.4 is 14.4 Å². The van der Waals surface area contributed by atoms with Crippen molar-refractivity contribution >= 4 is 39.1 Å². The first-order valence-electron chi connectivity index (χ1n) is 11.8. The fourth-order valence-corrected chi connectivity index (χ4v) is 5.24. The smallest absolute Gasteiger partial charge is 0.264 e. The quantitative estimate of drug-likeness (QED) is 0.378. The molecular weight excluding hydrogens is 533 g/mol. The zero-order valence-corrected chi connectivity index (χ0v) is 22.8. The summed E-state index contributed by atoms with van der Waals surface area (Å²) < 4.78 is 47.1. The molecule has 3 rings (SSSR count). The largest absolute Gasteiger partial charge is 0.497 e. The van der Waals surface area contributed by atoms with Crippen molar-refractivity contribution in [3.05, 3.63) is 89.2 Å². The van der Waals surface area contributed by atoms with Crippen LogP contribution in [0.1, 0.15) is 19.4 Å². The maximum Gasteiger partial charge on any atom is 0.264 e. The first kappa shape index (κ1) is 28.9. The van der Waals surface area contributed by atoms with E-state index in [-0.39, 0.29) is 23.0 Å². The van der Waals surface area contributed by atoms with Crippen LogP contribution >= 0.6 is 11.6 Å². The summed E-state index contributed by atoms with van der Waals surface area (Å²) in [4.78, 5) is 27.6. The second-order valence-electron chi connectivity index (χ2n) is 8.38. The molecule has 0 spiro atoms. The van der Waals surface area contributed by atoms with E-state index in [4.69, 9.17) is 16.3 Å². The molecule has 0 aliphatic heterocycles. The van der Waals surface area contributed by atoms with E-state index in [1.54, 1.807) is 38.1 Å². The predicted molar refractivity (Wildman–Crippen MR) is 144 cm³/mol. The zero-order valence-electron chi connectivity index (χ0n) is 21.2. The van der Waals surface area contributed by atoms with Gasteiger partial charge in [-0.1, -0.05) is 23.7 Å². The van der Waals surface area contributed by atoms with E-state index in [1.165, 1.54) is 48.4 Å². The molecule has 1 N–H and O–H groups in total. The number of rotatable bonds is 11. The maximum absolute atomic E-state index is 13.7. The average Bonchev–Trinajstić information content (AvgIpc) is 2.91.